The molecule has 3 aromatic carbocycles. The molecule has 4 aromatic rings. The Labute approximate surface area is 146 Å². The highest BCUT2D eigenvalue weighted by atomic mass is 16.5. The van der Waals surface area contributed by atoms with Crippen LogP contribution in [0.1, 0.15) is 0 Å². The van der Waals surface area contributed by atoms with Gasteiger partial charge in [0.1, 0.15) is 5.75 Å². The minimum atomic E-state index is 0.566. The van der Waals surface area contributed by atoms with E-state index in [-0.39, 0.29) is 0 Å². The number of nitrogens with one attached hydrogen (secondary N) is 1. The molecule has 0 fully saturated rings. The molecule has 0 saturated heterocycles. The van der Waals surface area contributed by atoms with Crippen LogP contribution in [-0.2, 0) is 0 Å². The molecule has 0 saturated carbocycles. The van der Waals surface area contributed by atoms with Crippen molar-refractivity contribution in [2.75, 3.05) is 12.4 Å². The summed E-state index contributed by atoms with van der Waals surface area (Å²) in [6, 6.07) is 24.2. The number of benzene rings is 3. The molecule has 0 spiro atoms. The first-order chi connectivity index (χ1) is 12.3. The Balaban J connectivity index is 1.63. The SMILES string of the molecule is COc1ccc(Nc2nccc(-c3ccc4ccccc4c3)n2)cc1. The number of anilines is 2. The zero-order valence-corrected chi connectivity index (χ0v) is 13.8. The molecule has 0 aliphatic carbocycles. The molecule has 4 rings (SSSR count). The van der Waals surface area contributed by atoms with Gasteiger partial charge >= 0.3 is 0 Å². The highest BCUT2D eigenvalue weighted by Gasteiger charge is 2.04. The van der Waals surface area contributed by atoms with Crippen LogP contribution in [0.15, 0.2) is 79.0 Å². The van der Waals surface area contributed by atoms with Crippen molar-refractivity contribution >= 4 is 22.4 Å². The van der Waals surface area contributed by atoms with Gasteiger partial charge in [0.05, 0.1) is 12.8 Å². The van der Waals surface area contributed by atoms with Crippen LogP contribution in [0.3, 0.4) is 0 Å². The van der Waals surface area contributed by atoms with E-state index in [0.29, 0.717) is 5.95 Å². The molecule has 122 valence electrons. The van der Waals surface area contributed by atoms with Crippen LogP contribution in [-0.4, -0.2) is 17.1 Å². The molecule has 1 N–H and O–H groups in total. The van der Waals surface area contributed by atoms with Gasteiger partial charge < -0.3 is 10.1 Å². The number of fused-ring (bicyclic) bond motifs is 1. The first kappa shape index (κ1) is 15.1. The molecule has 4 heteroatoms. The summed E-state index contributed by atoms with van der Waals surface area (Å²) in [6.07, 6.45) is 1.77. The summed E-state index contributed by atoms with van der Waals surface area (Å²) < 4.78 is 5.17. The molecule has 0 aliphatic heterocycles. The molecular formula is C21H17N3O. The second-order valence-electron chi connectivity index (χ2n) is 5.68. The van der Waals surface area contributed by atoms with Gasteiger partial charge in [-0.25, -0.2) is 9.97 Å². The van der Waals surface area contributed by atoms with Crippen molar-refractivity contribution in [1.29, 1.82) is 0 Å². The smallest absolute Gasteiger partial charge is 0.227 e. The van der Waals surface area contributed by atoms with Crippen LogP contribution in [0, 0.1) is 0 Å². The van der Waals surface area contributed by atoms with Crippen LogP contribution in [0.25, 0.3) is 22.0 Å². The Kier molecular flexibility index (Phi) is 4.01. The molecule has 25 heavy (non-hydrogen) atoms. The van der Waals surface area contributed by atoms with Crippen LogP contribution < -0.4 is 10.1 Å². The van der Waals surface area contributed by atoms with E-state index in [9.17, 15) is 0 Å². The largest absolute Gasteiger partial charge is 0.497 e. The second kappa shape index (κ2) is 6.61. The number of nitrogens with zero attached hydrogens (tertiary/aromatic N) is 2. The van der Waals surface area contributed by atoms with Gasteiger partial charge in [-0.15, -0.1) is 0 Å². The van der Waals surface area contributed by atoms with Gasteiger partial charge in [0.2, 0.25) is 5.95 Å². The van der Waals surface area contributed by atoms with E-state index in [1.54, 1.807) is 13.3 Å². The number of rotatable bonds is 4. The highest BCUT2D eigenvalue weighted by molar-refractivity contribution is 5.86. The number of hydrogen-bond donors (Lipinski definition) is 1. The van der Waals surface area contributed by atoms with E-state index in [0.717, 1.165) is 22.7 Å². The van der Waals surface area contributed by atoms with E-state index in [1.165, 1.54) is 10.8 Å². The van der Waals surface area contributed by atoms with Crippen LogP contribution in [0.5, 0.6) is 5.75 Å². The lowest BCUT2D eigenvalue weighted by Crippen LogP contribution is -1.98. The van der Waals surface area contributed by atoms with Gasteiger partial charge in [0, 0.05) is 17.4 Å². The van der Waals surface area contributed by atoms with Crippen molar-refractivity contribution in [2.45, 2.75) is 0 Å². The zero-order chi connectivity index (χ0) is 17.1. The first-order valence-corrected chi connectivity index (χ1v) is 8.05. The van der Waals surface area contributed by atoms with Gasteiger partial charge in [-0.05, 0) is 47.2 Å². The molecule has 1 aromatic heterocycles. The van der Waals surface area contributed by atoms with Crippen molar-refractivity contribution in [2.24, 2.45) is 0 Å². The van der Waals surface area contributed by atoms with Crippen molar-refractivity contribution in [3.63, 3.8) is 0 Å². The number of methoxy groups -OCH3 is 1. The van der Waals surface area contributed by atoms with E-state index in [4.69, 9.17) is 4.74 Å². The topological polar surface area (TPSA) is 47.0 Å². The fourth-order valence-corrected chi connectivity index (χ4v) is 2.73. The molecule has 0 radical (unpaired) electrons. The third kappa shape index (κ3) is 3.28. The molecular weight excluding hydrogens is 310 g/mol. The number of ether oxygens (including phenoxy) is 1. The van der Waals surface area contributed by atoms with Gasteiger partial charge in [0.15, 0.2) is 0 Å². The summed E-state index contributed by atoms with van der Waals surface area (Å²) >= 11 is 0. The summed E-state index contributed by atoms with van der Waals surface area (Å²) in [5, 5.41) is 5.64. The predicted molar refractivity (Wildman–Crippen MR) is 101 cm³/mol. The summed E-state index contributed by atoms with van der Waals surface area (Å²) in [6.45, 7) is 0. The van der Waals surface area contributed by atoms with Crippen molar-refractivity contribution in [3.8, 4) is 17.0 Å². The molecule has 1 heterocycles. The monoisotopic (exact) mass is 327 g/mol. The first-order valence-electron chi connectivity index (χ1n) is 8.05. The fourth-order valence-electron chi connectivity index (χ4n) is 2.73. The molecule has 4 nitrogen and oxygen atoms in total. The van der Waals surface area contributed by atoms with E-state index in [1.807, 2.05) is 42.5 Å². The third-order valence-electron chi connectivity index (χ3n) is 4.05. The summed E-state index contributed by atoms with van der Waals surface area (Å²) in [5.41, 5.74) is 2.87. The third-order valence-corrected chi connectivity index (χ3v) is 4.05. The van der Waals surface area contributed by atoms with Crippen LogP contribution >= 0.6 is 0 Å². The Morgan fingerprint density at radius 1 is 0.840 bits per heavy atom. The van der Waals surface area contributed by atoms with Crippen molar-refractivity contribution in [3.05, 3.63) is 79.0 Å². The van der Waals surface area contributed by atoms with Gasteiger partial charge in [-0.2, -0.15) is 0 Å². The summed E-state index contributed by atoms with van der Waals surface area (Å²) in [5.74, 6) is 1.38. The average molecular weight is 327 g/mol. The van der Waals surface area contributed by atoms with Gasteiger partial charge in [0.25, 0.3) is 0 Å². The van der Waals surface area contributed by atoms with Gasteiger partial charge in [-0.3, -0.25) is 0 Å². The Hall–Kier alpha value is -3.40. The maximum atomic E-state index is 5.17. The lowest BCUT2D eigenvalue weighted by molar-refractivity contribution is 0.415. The zero-order valence-electron chi connectivity index (χ0n) is 13.8. The Morgan fingerprint density at radius 2 is 1.64 bits per heavy atom. The predicted octanol–water partition coefficient (Wildman–Crippen LogP) is 5.05. The van der Waals surface area contributed by atoms with Gasteiger partial charge in [-0.1, -0.05) is 36.4 Å². The minimum absolute atomic E-state index is 0.566. The molecule has 0 unspecified atom stereocenters. The lowest BCUT2D eigenvalue weighted by Gasteiger charge is -2.08. The van der Waals surface area contributed by atoms with Crippen molar-refractivity contribution < 1.29 is 4.74 Å². The normalized spacial score (nSPS) is 10.6. The van der Waals surface area contributed by atoms with E-state index >= 15 is 0 Å². The lowest BCUT2D eigenvalue weighted by atomic mass is 10.1. The summed E-state index contributed by atoms with van der Waals surface area (Å²) in [7, 11) is 1.65. The molecule has 0 amide bonds. The number of hydrogen-bond acceptors (Lipinski definition) is 4. The maximum Gasteiger partial charge on any atom is 0.227 e. The summed E-state index contributed by atoms with van der Waals surface area (Å²) in [4.78, 5) is 8.95. The Bertz CT molecular complexity index is 1010. The highest BCUT2D eigenvalue weighted by Crippen LogP contribution is 2.24. The second-order valence-corrected chi connectivity index (χ2v) is 5.68. The van der Waals surface area contributed by atoms with E-state index < -0.39 is 0 Å². The van der Waals surface area contributed by atoms with Crippen LogP contribution in [0.4, 0.5) is 11.6 Å². The van der Waals surface area contributed by atoms with E-state index in [2.05, 4.69) is 45.6 Å². The molecule has 0 atom stereocenters. The Morgan fingerprint density at radius 3 is 2.44 bits per heavy atom. The minimum Gasteiger partial charge on any atom is -0.497 e. The maximum absolute atomic E-state index is 5.17. The van der Waals surface area contributed by atoms with Crippen molar-refractivity contribution in [1.82, 2.24) is 9.97 Å². The van der Waals surface area contributed by atoms with Crippen LogP contribution in [0.2, 0.25) is 0 Å². The molecule has 0 aliphatic rings. The molecule has 0 bridgehead atoms. The number of aromatic nitrogens is 2. The standard InChI is InChI=1S/C21H17N3O/c1-25-19-10-8-18(9-11-19)23-21-22-13-12-20(24-21)17-7-6-15-4-2-3-5-16(15)14-17/h2-14H,1H3,(H,22,23,24). The average Bonchev–Trinajstić information content (AvgIpc) is 2.68. The quantitative estimate of drug-likeness (QED) is 0.570. The fraction of sp³-hybridized carbons (Fsp3) is 0.0476.